The molecule has 0 amide bonds. The third kappa shape index (κ3) is 11.3. The normalized spacial score (nSPS) is 10.2. The predicted octanol–water partition coefficient (Wildman–Crippen LogP) is 3.68. The number of Topliss-reactive ketones (excluding diaryl/α,β-unsaturated/α-hetero) is 1. The molecule has 2 nitrogen and oxygen atoms in total. The second-order valence-electron chi connectivity index (χ2n) is 4.12. The van der Waals surface area contributed by atoms with Gasteiger partial charge in [-0.15, -0.1) is 0 Å². The Balaban J connectivity index is 3.13. The molecule has 0 N–H and O–H groups in total. The summed E-state index contributed by atoms with van der Waals surface area (Å²) in [5, 5.41) is 0. The number of aldehydes is 1. The molecule has 0 aromatic rings. The van der Waals surface area contributed by atoms with Gasteiger partial charge in [0.15, 0.2) is 0 Å². The van der Waals surface area contributed by atoms with Crippen LogP contribution in [0.1, 0.15) is 71.1 Å². The Hall–Kier alpha value is -0.660. The van der Waals surface area contributed by atoms with Gasteiger partial charge in [0.05, 0.1) is 0 Å². The summed E-state index contributed by atoms with van der Waals surface area (Å²) in [5.74, 6) is 0.326. The molecule has 0 aliphatic rings. The van der Waals surface area contributed by atoms with Gasteiger partial charge in [-0.2, -0.15) is 0 Å². The van der Waals surface area contributed by atoms with Crippen LogP contribution in [-0.4, -0.2) is 12.1 Å². The average Bonchev–Trinajstić information content (AvgIpc) is 2.23. The van der Waals surface area contributed by atoms with E-state index >= 15 is 0 Å². The minimum atomic E-state index is 0.326. The molecule has 0 rings (SSSR count). The molecule has 0 fully saturated rings. The molecule has 0 aromatic carbocycles. The summed E-state index contributed by atoms with van der Waals surface area (Å²) in [4.78, 5) is 21.3. The van der Waals surface area contributed by atoms with E-state index < -0.39 is 0 Å². The van der Waals surface area contributed by atoms with E-state index in [0.29, 0.717) is 25.0 Å². The van der Waals surface area contributed by atoms with Gasteiger partial charge in [-0.3, -0.25) is 4.79 Å². The lowest BCUT2D eigenvalue weighted by Crippen LogP contribution is -1.97. The summed E-state index contributed by atoms with van der Waals surface area (Å²) in [6, 6.07) is 0. The van der Waals surface area contributed by atoms with Gasteiger partial charge in [-0.1, -0.05) is 39.0 Å². The molecule has 0 heterocycles. The molecule has 2 heteroatoms. The maximum absolute atomic E-state index is 11.3. The van der Waals surface area contributed by atoms with E-state index in [1.807, 2.05) is 0 Å². The number of hydrogen-bond acceptors (Lipinski definition) is 2. The zero-order valence-electron chi connectivity index (χ0n) is 9.96. The second-order valence-corrected chi connectivity index (χ2v) is 4.12. The van der Waals surface area contributed by atoms with Crippen molar-refractivity contribution in [1.82, 2.24) is 0 Å². The van der Waals surface area contributed by atoms with E-state index in [0.717, 1.165) is 19.1 Å². The lowest BCUT2D eigenvalue weighted by atomic mass is 10.1. The average molecular weight is 212 g/mol. The molecule has 0 unspecified atom stereocenters. The first-order valence-electron chi connectivity index (χ1n) is 6.26. The van der Waals surface area contributed by atoms with Crippen LogP contribution in [0, 0.1) is 0 Å². The van der Waals surface area contributed by atoms with Crippen molar-refractivity contribution in [3.63, 3.8) is 0 Å². The number of rotatable bonds is 11. The van der Waals surface area contributed by atoms with Gasteiger partial charge in [0.2, 0.25) is 0 Å². The van der Waals surface area contributed by atoms with Crippen LogP contribution in [0.5, 0.6) is 0 Å². The van der Waals surface area contributed by atoms with Crippen LogP contribution >= 0.6 is 0 Å². The van der Waals surface area contributed by atoms with Gasteiger partial charge >= 0.3 is 0 Å². The summed E-state index contributed by atoms with van der Waals surface area (Å²) in [6.07, 6.45) is 10.8. The Bertz CT molecular complexity index is 164. The number of carbonyl (C=O) groups excluding carboxylic acids is 2. The smallest absolute Gasteiger partial charge is 0.132 e. The van der Waals surface area contributed by atoms with E-state index in [-0.39, 0.29) is 0 Å². The van der Waals surface area contributed by atoms with E-state index in [4.69, 9.17) is 0 Å². The Kier molecular flexibility index (Phi) is 10.9. The van der Waals surface area contributed by atoms with E-state index in [2.05, 4.69) is 6.92 Å². The van der Waals surface area contributed by atoms with Crippen molar-refractivity contribution in [2.75, 3.05) is 0 Å². The molecular formula is C13H24O2. The topological polar surface area (TPSA) is 34.1 Å². The SMILES string of the molecule is CCCCCCCCC(=O)CCCC=O. The van der Waals surface area contributed by atoms with Gasteiger partial charge in [-0.25, -0.2) is 0 Å². The number of unbranched alkanes of at least 4 members (excludes halogenated alkanes) is 6. The first-order chi connectivity index (χ1) is 7.31. The molecule has 0 aliphatic heterocycles. The zero-order valence-corrected chi connectivity index (χ0v) is 9.96. The summed E-state index contributed by atoms with van der Waals surface area (Å²) >= 11 is 0. The van der Waals surface area contributed by atoms with Crippen LogP contribution in [0.2, 0.25) is 0 Å². The molecule has 0 bridgehead atoms. The minimum absolute atomic E-state index is 0.326. The fourth-order valence-electron chi connectivity index (χ4n) is 1.61. The third-order valence-electron chi connectivity index (χ3n) is 2.59. The molecule has 15 heavy (non-hydrogen) atoms. The van der Waals surface area contributed by atoms with Crippen molar-refractivity contribution in [2.24, 2.45) is 0 Å². The predicted molar refractivity (Wildman–Crippen MR) is 62.9 cm³/mol. The van der Waals surface area contributed by atoms with Crippen LogP contribution in [-0.2, 0) is 9.59 Å². The molecule has 0 atom stereocenters. The Morgan fingerprint density at radius 1 is 0.933 bits per heavy atom. The minimum Gasteiger partial charge on any atom is -0.303 e. The standard InChI is InChI=1S/C13H24O2/c1-2-3-4-5-6-7-10-13(15)11-8-9-12-14/h12H,2-11H2,1H3. The molecule has 0 saturated carbocycles. The van der Waals surface area contributed by atoms with Crippen LogP contribution in [0.25, 0.3) is 0 Å². The quantitative estimate of drug-likeness (QED) is 0.387. The lowest BCUT2D eigenvalue weighted by molar-refractivity contribution is -0.119. The molecule has 0 aliphatic carbocycles. The Morgan fingerprint density at radius 2 is 1.53 bits per heavy atom. The van der Waals surface area contributed by atoms with Crippen LogP contribution in [0.15, 0.2) is 0 Å². The first kappa shape index (κ1) is 14.3. The highest BCUT2D eigenvalue weighted by molar-refractivity contribution is 5.78. The zero-order chi connectivity index (χ0) is 11.4. The van der Waals surface area contributed by atoms with Crippen molar-refractivity contribution in [1.29, 1.82) is 0 Å². The molecular weight excluding hydrogens is 188 g/mol. The summed E-state index contributed by atoms with van der Waals surface area (Å²) < 4.78 is 0. The fourth-order valence-corrected chi connectivity index (χ4v) is 1.61. The molecule has 0 saturated heterocycles. The van der Waals surface area contributed by atoms with Crippen LogP contribution in [0.4, 0.5) is 0 Å². The van der Waals surface area contributed by atoms with Gasteiger partial charge in [-0.05, 0) is 12.8 Å². The molecule has 0 spiro atoms. The third-order valence-corrected chi connectivity index (χ3v) is 2.59. The number of ketones is 1. The second kappa shape index (κ2) is 11.4. The lowest BCUT2D eigenvalue weighted by Gasteiger charge is -2.00. The van der Waals surface area contributed by atoms with Crippen LogP contribution in [0.3, 0.4) is 0 Å². The number of hydrogen-bond donors (Lipinski definition) is 0. The fraction of sp³-hybridized carbons (Fsp3) is 0.846. The van der Waals surface area contributed by atoms with Crippen LogP contribution < -0.4 is 0 Å². The number of carbonyl (C=O) groups is 2. The van der Waals surface area contributed by atoms with Gasteiger partial charge in [0, 0.05) is 19.3 Å². The van der Waals surface area contributed by atoms with Crippen molar-refractivity contribution >= 4 is 12.1 Å². The maximum Gasteiger partial charge on any atom is 0.132 e. The molecule has 0 radical (unpaired) electrons. The summed E-state index contributed by atoms with van der Waals surface area (Å²) in [6.45, 7) is 2.20. The molecule has 88 valence electrons. The van der Waals surface area contributed by atoms with Crippen molar-refractivity contribution in [3.8, 4) is 0 Å². The highest BCUT2D eigenvalue weighted by Gasteiger charge is 2.00. The maximum atomic E-state index is 11.3. The largest absolute Gasteiger partial charge is 0.303 e. The first-order valence-corrected chi connectivity index (χ1v) is 6.26. The van der Waals surface area contributed by atoms with E-state index in [9.17, 15) is 9.59 Å². The van der Waals surface area contributed by atoms with Gasteiger partial charge in [0.25, 0.3) is 0 Å². The van der Waals surface area contributed by atoms with E-state index in [1.165, 1.54) is 32.1 Å². The van der Waals surface area contributed by atoms with Crippen molar-refractivity contribution in [3.05, 3.63) is 0 Å². The van der Waals surface area contributed by atoms with E-state index in [1.54, 1.807) is 0 Å². The monoisotopic (exact) mass is 212 g/mol. The van der Waals surface area contributed by atoms with Gasteiger partial charge in [0.1, 0.15) is 12.1 Å². The highest BCUT2D eigenvalue weighted by atomic mass is 16.1. The Morgan fingerprint density at radius 3 is 2.20 bits per heavy atom. The molecule has 0 aromatic heterocycles. The Labute approximate surface area is 93.4 Å². The summed E-state index contributed by atoms with van der Waals surface area (Å²) in [5.41, 5.74) is 0. The van der Waals surface area contributed by atoms with Crippen molar-refractivity contribution in [2.45, 2.75) is 71.1 Å². The highest BCUT2D eigenvalue weighted by Crippen LogP contribution is 2.08. The van der Waals surface area contributed by atoms with Crippen molar-refractivity contribution < 1.29 is 9.59 Å². The van der Waals surface area contributed by atoms with Gasteiger partial charge < -0.3 is 4.79 Å². The summed E-state index contributed by atoms with van der Waals surface area (Å²) in [7, 11) is 0.